The topological polar surface area (TPSA) is 125 Å². The van der Waals surface area contributed by atoms with Crippen molar-refractivity contribution in [3.05, 3.63) is 18.2 Å². The molecule has 0 bridgehead atoms. The number of benzene rings is 1. The van der Waals surface area contributed by atoms with Crippen LogP contribution < -0.4 is 15.4 Å². The molecule has 2 heterocycles. The van der Waals surface area contributed by atoms with Crippen LogP contribution in [0.15, 0.2) is 23.1 Å². The Morgan fingerprint density at radius 2 is 1.76 bits per heavy atom. The standard InChI is InChI=1S/C23H34N4O6S/c1-4-11-23(12-5-2)21(29)27(22(30)25-23)16-20(28)24-18-15-17(9-10-19(18)33-3)34(31,32)26-13-7-6-8-14-26/h9-10,15H,4-8,11-14,16H2,1-3H3,(H,24,28)(H,25,30). The van der Waals surface area contributed by atoms with Crippen molar-refractivity contribution in [2.75, 3.05) is 32.1 Å². The SMILES string of the molecule is CCCC1(CCC)NC(=O)N(CC(=O)Nc2cc(S(=O)(=O)N3CCCCC3)ccc2OC)C1=O. The van der Waals surface area contributed by atoms with Gasteiger partial charge in [0.2, 0.25) is 15.9 Å². The fraction of sp³-hybridized carbons (Fsp3) is 0.609. The molecular weight excluding hydrogens is 460 g/mol. The van der Waals surface area contributed by atoms with Crippen LogP contribution in [0.1, 0.15) is 58.8 Å². The van der Waals surface area contributed by atoms with E-state index in [9.17, 15) is 22.8 Å². The van der Waals surface area contributed by atoms with Crippen LogP contribution in [0.25, 0.3) is 0 Å². The fourth-order valence-electron chi connectivity index (χ4n) is 4.67. The summed E-state index contributed by atoms with van der Waals surface area (Å²) in [5, 5.41) is 5.39. The first-order chi connectivity index (χ1) is 16.2. The molecule has 2 saturated heterocycles. The first-order valence-electron chi connectivity index (χ1n) is 11.8. The highest BCUT2D eigenvalue weighted by atomic mass is 32.2. The summed E-state index contributed by atoms with van der Waals surface area (Å²) in [5.41, 5.74) is -0.827. The van der Waals surface area contributed by atoms with Crippen molar-refractivity contribution in [3.63, 3.8) is 0 Å². The van der Waals surface area contributed by atoms with Gasteiger partial charge >= 0.3 is 6.03 Å². The second-order valence-corrected chi connectivity index (χ2v) is 10.7. The molecular formula is C23H34N4O6S. The van der Waals surface area contributed by atoms with Gasteiger partial charge in [-0.1, -0.05) is 33.1 Å². The Kier molecular flexibility index (Phi) is 8.19. The van der Waals surface area contributed by atoms with Crippen LogP contribution in [0.2, 0.25) is 0 Å². The minimum atomic E-state index is -3.72. The molecule has 3 rings (SSSR count). The lowest BCUT2D eigenvalue weighted by Crippen LogP contribution is -2.47. The van der Waals surface area contributed by atoms with Gasteiger partial charge in [0.05, 0.1) is 17.7 Å². The van der Waals surface area contributed by atoms with Gasteiger partial charge in [0.1, 0.15) is 17.8 Å². The third-order valence-corrected chi connectivity index (χ3v) is 8.19. The van der Waals surface area contributed by atoms with E-state index in [1.54, 1.807) is 0 Å². The van der Waals surface area contributed by atoms with Gasteiger partial charge < -0.3 is 15.4 Å². The third kappa shape index (κ3) is 5.20. The zero-order valence-corrected chi connectivity index (χ0v) is 20.9. The van der Waals surface area contributed by atoms with Gasteiger partial charge in [0.25, 0.3) is 5.91 Å². The number of urea groups is 1. The van der Waals surface area contributed by atoms with Gasteiger partial charge in [-0.2, -0.15) is 4.31 Å². The fourth-order valence-corrected chi connectivity index (χ4v) is 6.21. The Morgan fingerprint density at radius 3 is 2.35 bits per heavy atom. The van der Waals surface area contributed by atoms with Crippen LogP contribution in [-0.2, 0) is 19.6 Å². The average molecular weight is 495 g/mol. The van der Waals surface area contributed by atoms with Crippen molar-refractivity contribution in [3.8, 4) is 5.75 Å². The maximum absolute atomic E-state index is 13.1. The zero-order chi connectivity index (χ0) is 24.9. The molecule has 1 aromatic rings. The van der Waals surface area contributed by atoms with E-state index in [4.69, 9.17) is 4.74 Å². The van der Waals surface area contributed by atoms with E-state index in [0.29, 0.717) is 38.8 Å². The summed E-state index contributed by atoms with van der Waals surface area (Å²) < 4.78 is 32.8. The predicted octanol–water partition coefficient (Wildman–Crippen LogP) is 2.70. The van der Waals surface area contributed by atoms with Crippen molar-refractivity contribution in [1.82, 2.24) is 14.5 Å². The Bertz CT molecular complexity index is 1030. The van der Waals surface area contributed by atoms with E-state index in [1.165, 1.54) is 29.6 Å². The molecule has 0 atom stereocenters. The lowest BCUT2D eigenvalue weighted by molar-refractivity contribution is -0.134. The van der Waals surface area contributed by atoms with Crippen molar-refractivity contribution < 1.29 is 27.5 Å². The number of sulfonamides is 1. The number of nitrogens with one attached hydrogen (secondary N) is 2. The smallest absolute Gasteiger partial charge is 0.325 e. The van der Waals surface area contributed by atoms with E-state index < -0.39 is 40.0 Å². The summed E-state index contributed by atoms with van der Waals surface area (Å²) >= 11 is 0. The van der Waals surface area contributed by atoms with Crippen LogP contribution in [0.4, 0.5) is 10.5 Å². The lowest BCUT2D eigenvalue weighted by Gasteiger charge is -2.26. The van der Waals surface area contributed by atoms with Gasteiger partial charge in [-0.15, -0.1) is 0 Å². The average Bonchev–Trinajstić information content (AvgIpc) is 3.04. The van der Waals surface area contributed by atoms with Crippen LogP contribution in [0, 0.1) is 0 Å². The predicted molar refractivity (Wildman–Crippen MR) is 127 cm³/mol. The maximum atomic E-state index is 13.1. The Hall–Kier alpha value is -2.66. The second kappa shape index (κ2) is 10.7. The quantitative estimate of drug-likeness (QED) is 0.482. The molecule has 10 nitrogen and oxygen atoms in total. The number of carbonyl (C=O) groups excluding carboxylic acids is 3. The number of hydrogen-bond acceptors (Lipinski definition) is 6. The summed E-state index contributed by atoms with van der Waals surface area (Å²) in [6.45, 7) is 4.30. The molecule has 4 amide bonds. The van der Waals surface area contributed by atoms with Crippen LogP contribution in [0.3, 0.4) is 0 Å². The van der Waals surface area contributed by atoms with Gasteiger partial charge in [0.15, 0.2) is 0 Å². The summed E-state index contributed by atoms with van der Waals surface area (Å²) in [4.78, 5) is 39.4. The Morgan fingerprint density at radius 1 is 1.12 bits per heavy atom. The molecule has 11 heteroatoms. The number of carbonyl (C=O) groups is 3. The zero-order valence-electron chi connectivity index (χ0n) is 20.1. The molecule has 2 aliphatic heterocycles. The monoisotopic (exact) mass is 494 g/mol. The summed E-state index contributed by atoms with van der Waals surface area (Å²) in [7, 11) is -2.31. The summed E-state index contributed by atoms with van der Waals surface area (Å²) in [5.74, 6) is -0.766. The molecule has 0 unspecified atom stereocenters. The van der Waals surface area contributed by atoms with E-state index in [0.717, 1.165) is 24.2 Å². The van der Waals surface area contributed by atoms with E-state index >= 15 is 0 Å². The second-order valence-electron chi connectivity index (χ2n) is 8.78. The summed E-state index contributed by atoms with van der Waals surface area (Å²) in [6.07, 6.45) is 5.02. The van der Waals surface area contributed by atoms with Crippen molar-refractivity contribution in [1.29, 1.82) is 0 Å². The lowest BCUT2D eigenvalue weighted by atomic mass is 9.88. The van der Waals surface area contributed by atoms with Crippen LogP contribution >= 0.6 is 0 Å². The molecule has 0 saturated carbocycles. The van der Waals surface area contributed by atoms with Gasteiger partial charge in [-0.25, -0.2) is 13.2 Å². The maximum Gasteiger partial charge on any atom is 0.325 e. The van der Waals surface area contributed by atoms with E-state index in [2.05, 4.69) is 10.6 Å². The normalized spacial score (nSPS) is 18.6. The third-order valence-electron chi connectivity index (χ3n) is 6.30. The molecule has 2 N–H and O–H groups in total. The van der Waals surface area contributed by atoms with Gasteiger partial charge in [0, 0.05) is 13.1 Å². The molecule has 0 aromatic heterocycles. The number of piperidine rings is 1. The molecule has 2 fully saturated rings. The van der Waals surface area contributed by atoms with Crippen molar-refractivity contribution in [2.24, 2.45) is 0 Å². The van der Waals surface area contributed by atoms with Crippen LogP contribution in [-0.4, -0.2) is 67.8 Å². The van der Waals surface area contributed by atoms with Crippen LogP contribution in [0.5, 0.6) is 5.75 Å². The number of ether oxygens (including phenoxy) is 1. The number of imide groups is 1. The minimum Gasteiger partial charge on any atom is -0.495 e. The Balaban J connectivity index is 1.78. The molecule has 34 heavy (non-hydrogen) atoms. The minimum absolute atomic E-state index is 0.0467. The largest absolute Gasteiger partial charge is 0.495 e. The highest BCUT2D eigenvalue weighted by Gasteiger charge is 2.50. The van der Waals surface area contributed by atoms with Crippen molar-refractivity contribution >= 4 is 33.6 Å². The van der Waals surface area contributed by atoms with Crippen molar-refractivity contribution in [2.45, 2.75) is 69.2 Å². The highest BCUT2D eigenvalue weighted by molar-refractivity contribution is 7.89. The van der Waals surface area contributed by atoms with E-state index in [1.807, 2.05) is 13.8 Å². The number of rotatable bonds is 10. The van der Waals surface area contributed by atoms with Gasteiger partial charge in [-0.3, -0.25) is 14.5 Å². The molecule has 0 aliphatic carbocycles. The number of hydrogen-bond donors (Lipinski definition) is 2. The van der Waals surface area contributed by atoms with Gasteiger partial charge in [-0.05, 0) is 43.9 Å². The molecule has 2 aliphatic rings. The molecule has 188 valence electrons. The number of methoxy groups -OCH3 is 1. The number of anilines is 1. The first kappa shape index (κ1) is 26.0. The summed E-state index contributed by atoms with van der Waals surface area (Å²) in [6, 6.07) is 3.67. The number of amides is 4. The van der Waals surface area contributed by atoms with E-state index in [-0.39, 0.29) is 16.3 Å². The highest BCUT2D eigenvalue weighted by Crippen LogP contribution is 2.31. The number of nitrogens with zero attached hydrogens (tertiary/aromatic N) is 2. The Labute approximate surface area is 201 Å². The first-order valence-corrected chi connectivity index (χ1v) is 13.2. The molecule has 0 radical (unpaired) electrons. The molecule has 0 spiro atoms. The molecule has 1 aromatic carbocycles.